The van der Waals surface area contributed by atoms with Crippen LogP contribution in [0, 0.1) is 17.8 Å². The van der Waals surface area contributed by atoms with Crippen LogP contribution in [-0.4, -0.2) is 33.4 Å². The van der Waals surface area contributed by atoms with E-state index in [1.807, 2.05) is 18.2 Å². The van der Waals surface area contributed by atoms with Gasteiger partial charge >= 0.3 is 0 Å². The van der Waals surface area contributed by atoms with Crippen molar-refractivity contribution in [2.45, 2.75) is 43.7 Å². The molecule has 1 aromatic heterocycles. The standard InChI is InChI=1S/C23H24N2O3/c26-21(15-4-2-1-3-5-15)19-7-6-16(13-24-19)22(27)25-20-17-8-14-9-18(20)12-23(28,10-14)11-17/h1-7,13-14,17-18,20,28H,8-12H2,(H,25,27). The highest BCUT2D eigenvalue weighted by molar-refractivity contribution is 6.08. The van der Waals surface area contributed by atoms with E-state index in [2.05, 4.69) is 10.3 Å². The largest absolute Gasteiger partial charge is 0.390 e. The molecule has 6 rings (SSSR count). The van der Waals surface area contributed by atoms with E-state index >= 15 is 0 Å². The Morgan fingerprint density at radius 2 is 1.68 bits per heavy atom. The van der Waals surface area contributed by atoms with Crippen molar-refractivity contribution < 1.29 is 14.7 Å². The van der Waals surface area contributed by atoms with Gasteiger partial charge in [0.1, 0.15) is 5.69 Å². The quantitative estimate of drug-likeness (QED) is 0.804. The first kappa shape index (κ1) is 17.6. The zero-order valence-electron chi connectivity index (χ0n) is 15.7. The summed E-state index contributed by atoms with van der Waals surface area (Å²) in [6, 6.07) is 12.4. The van der Waals surface area contributed by atoms with Crippen LogP contribution in [0.4, 0.5) is 0 Å². The zero-order valence-corrected chi connectivity index (χ0v) is 15.7. The smallest absolute Gasteiger partial charge is 0.253 e. The Balaban J connectivity index is 1.28. The van der Waals surface area contributed by atoms with Crippen LogP contribution in [0.25, 0.3) is 0 Å². The normalized spacial score (nSPS) is 32.9. The molecule has 28 heavy (non-hydrogen) atoms. The summed E-state index contributed by atoms with van der Waals surface area (Å²) < 4.78 is 0. The first-order valence-corrected chi connectivity index (χ1v) is 10.1. The van der Waals surface area contributed by atoms with Crippen LogP contribution >= 0.6 is 0 Å². The Labute approximate surface area is 164 Å². The van der Waals surface area contributed by atoms with Crippen molar-refractivity contribution in [3.05, 3.63) is 65.5 Å². The first-order chi connectivity index (χ1) is 13.5. The Hall–Kier alpha value is -2.53. The first-order valence-electron chi connectivity index (χ1n) is 10.1. The minimum Gasteiger partial charge on any atom is -0.390 e. The third-order valence-corrected chi connectivity index (χ3v) is 6.83. The van der Waals surface area contributed by atoms with Gasteiger partial charge in [0, 0.05) is 17.8 Å². The minimum atomic E-state index is -0.501. The molecule has 2 atom stereocenters. The average Bonchev–Trinajstić information content (AvgIpc) is 2.69. The topological polar surface area (TPSA) is 79.3 Å². The van der Waals surface area contributed by atoms with Crippen LogP contribution < -0.4 is 5.32 Å². The highest BCUT2D eigenvalue weighted by Crippen LogP contribution is 2.55. The van der Waals surface area contributed by atoms with Crippen molar-refractivity contribution in [2.24, 2.45) is 17.8 Å². The number of hydrogen-bond donors (Lipinski definition) is 2. The second kappa shape index (κ2) is 6.52. The Morgan fingerprint density at radius 3 is 2.29 bits per heavy atom. The summed E-state index contributed by atoms with van der Waals surface area (Å²) in [4.78, 5) is 29.4. The highest BCUT2D eigenvalue weighted by atomic mass is 16.3. The van der Waals surface area contributed by atoms with Crippen molar-refractivity contribution >= 4 is 11.7 Å². The van der Waals surface area contributed by atoms with Crippen LogP contribution in [0.2, 0.25) is 0 Å². The van der Waals surface area contributed by atoms with Gasteiger partial charge in [-0.05, 0) is 62.0 Å². The molecule has 0 radical (unpaired) electrons. The number of aromatic nitrogens is 1. The molecular formula is C23H24N2O3. The third-order valence-electron chi connectivity index (χ3n) is 6.83. The lowest BCUT2D eigenvalue weighted by Gasteiger charge is -2.58. The second-order valence-corrected chi connectivity index (χ2v) is 8.82. The van der Waals surface area contributed by atoms with Crippen molar-refractivity contribution in [3.8, 4) is 0 Å². The molecule has 4 aliphatic carbocycles. The number of carbonyl (C=O) groups excluding carboxylic acids is 2. The molecule has 0 spiro atoms. The van der Waals surface area contributed by atoms with E-state index < -0.39 is 5.60 Å². The lowest BCUT2D eigenvalue weighted by molar-refractivity contribution is -0.136. The fourth-order valence-corrected chi connectivity index (χ4v) is 5.85. The molecule has 1 aromatic carbocycles. The van der Waals surface area contributed by atoms with E-state index in [0.29, 0.717) is 34.6 Å². The van der Waals surface area contributed by atoms with Gasteiger partial charge in [-0.15, -0.1) is 0 Å². The zero-order chi connectivity index (χ0) is 19.3. The van der Waals surface area contributed by atoms with Gasteiger partial charge in [0.2, 0.25) is 5.78 Å². The van der Waals surface area contributed by atoms with Crippen LogP contribution in [0.5, 0.6) is 0 Å². The Bertz CT molecular complexity index is 893. The van der Waals surface area contributed by atoms with Gasteiger partial charge in [0.25, 0.3) is 5.91 Å². The predicted molar refractivity (Wildman–Crippen MR) is 104 cm³/mol. The molecule has 5 nitrogen and oxygen atoms in total. The summed E-state index contributed by atoms with van der Waals surface area (Å²) in [6.07, 6.45) is 6.22. The summed E-state index contributed by atoms with van der Waals surface area (Å²) in [6.45, 7) is 0. The van der Waals surface area contributed by atoms with E-state index in [1.54, 1.807) is 24.3 Å². The van der Waals surface area contributed by atoms with Crippen LogP contribution in [-0.2, 0) is 0 Å². The lowest BCUT2D eigenvalue weighted by Crippen LogP contribution is -2.61. The predicted octanol–water partition coefficient (Wildman–Crippen LogP) is 2.98. The fraction of sp³-hybridized carbons (Fsp3) is 0.435. The average molecular weight is 376 g/mol. The maximum Gasteiger partial charge on any atom is 0.253 e. The van der Waals surface area contributed by atoms with Gasteiger partial charge < -0.3 is 10.4 Å². The molecule has 2 N–H and O–H groups in total. The third kappa shape index (κ3) is 3.04. The number of benzene rings is 1. The number of amides is 1. The van der Waals surface area contributed by atoms with E-state index in [0.717, 1.165) is 32.1 Å². The summed E-state index contributed by atoms with van der Waals surface area (Å²) >= 11 is 0. The SMILES string of the molecule is O=C(NC1C2CC3CC1CC(O)(C3)C2)c1ccc(C(=O)c2ccccc2)nc1. The number of nitrogens with zero attached hydrogens (tertiary/aromatic N) is 1. The van der Waals surface area contributed by atoms with Crippen molar-refractivity contribution in [1.82, 2.24) is 10.3 Å². The van der Waals surface area contributed by atoms with E-state index in [9.17, 15) is 14.7 Å². The molecule has 0 saturated heterocycles. The van der Waals surface area contributed by atoms with Gasteiger partial charge in [0.05, 0.1) is 11.2 Å². The lowest BCUT2D eigenvalue weighted by atomic mass is 9.52. The molecule has 144 valence electrons. The molecule has 4 bridgehead atoms. The van der Waals surface area contributed by atoms with Crippen molar-refractivity contribution in [2.75, 3.05) is 0 Å². The second-order valence-electron chi connectivity index (χ2n) is 8.82. The molecule has 4 fully saturated rings. The fourth-order valence-electron chi connectivity index (χ4n) is 5.85. The Morgan fingerprint density at radius 1 is 0.964 bits per heavy atom. The van der Waals surface area contributed by atoms with Gasteiger partial charge in [-0.3, -0.25) is 14.6 Å². The maximum absolute atomic E-state index is 12.8. The molecule has 1 heterocycles. The van der Waals surface area contributed by atoms with Crippen LogP contribution in [0.15, 0.2) is 48.7 Å². The van der Waals surface area contributed by atoms with Gasteiger partial charge in [-0.1, -0.05) is 30.3 Å². The summed E-state index contributed by atoms with van der Waals surface area (Å²) in [5.41, 5.74) is 0.883. The van der Waals surface area contributed by atoms with E-state index in [4.69, 9.17) is 0 Å². The van der Waals surface area contributed by atoms with Crippen molar-refractivity contribution in [3.63, 3.8) is 0 Å². The van der Waals surface area contributed by atoms with Gasteiger partial charge in [-0.25, -0.2) is 0 Å². The highest BCUT2D eigenvalue weighted by Gasteiger charge is 2.55. The van der Waals surface area contributed by atoms with E-state index in [1.165, 1.54) is 6.20 Å². The molecule has 4 saturated carbocycles. The number of nitrogens with one attached hydrogen (secondary N) is 1. The van der Waals surface area contributed by atoms with Crippen LogP contribution in [0.1, 0.15) is 58.5 Å². The summed E-state index contributed by atoms with van der Waals surface area (Å²) in [5.74, 6) is 1.05. The molecule has 2 aromatic rings. The molecular weight excluding hydrogens is 352 g/mol. The molecule has 5 heteroatoms. The molecule has 2 unspecified atom stereocenters. The van der Waals surface area contributed by atoms with Crippen molar-refractivity contribution in [1.29, 1.82) is 0 Å². The van der Waals surface area contributed by atoms with Gasteiger partial charge in [-0.2, -0.15) is 0 Å². The summed E-state index contributed by atoms with van der Waals surface area (Å²) in [5, 5.41) is 13.9. The number of carbonyl (C=O) groups is 2. The minimum absolute atomic E-state index is 0.134. The molecule has 1 amide bonds. The Kier molecular flexibility index (Phi) is 4.09. The number of pyridine rings is 1. The maximum atomic E-state index is 12.8. The molecule has 0 aliphatic heterocycles. The van der Waals surface area contributed by atoms with E-state index in [-0.39, 0.29) is 17.7 Å². The summed E-state index contributed by atoms with van der Waals surface area (Å²) in [7, 11) is 0. The number of rotatable bonds is 4. The number of aliphatic hydroxyl groups is 1. The monoisotopic (exact) mass is 376 g/mol. The molecule has 4 aliphatic rings. The van der Waals surface area contributed by atoms with Gasteiger partial charge in [0.15, 0.2) is 0 Å². The number of ketones is 1. The van der Waals surface area contributed by atoms with Crippen LogP contribution in [0.3, 0.4) is 0 Å². The number of hydrogen-bond acceptors (Lipinski definition) is 4.